The summed E-state index contributed by atoms with van der Waals surface area (Å²) in [6.45, 7) is 4.50. The normalized spacial score (nSPS) is 10.8. The minimum atomic E-state index is 0.804. The van der Waals surface area contributed by atoms with Gasteiger partial charge < -0.3 is 0 Å². The zero-order chi connectivity index (χ0) is 9.68. The predicted molar refractivity (Wildman–Crippen MR) is 59.2 cm³/mol. The number of halogens is 1. The molecular weight excluding hydrogens is 180 g/mol. The topological polar surface area (TPSA) is 0 Å². The number of rotatable bonds is 4. The summed E-state index contributed by atoms with van der Waals surface area (Å²) < 4.78 is 0. The molecule has 13 heavy (non-hydrogen) atoms. The van der Waals surface area contributed by atoms with E-state index in [1.54, 1.807) is 0 Å². The second kappa shape index (κ2) is 5.29. The molecule has 0 aromatic heterocycles. The van der Waals surface area contributed by atoms with E-state index in [0.717, 1.165) is 17.4 Å². The number of benzene rings is 1. The minimum Gasteiger partial charge on any atom is -0.0843 e. The molecule has 0 N–H and O–H groups in total. The summed E-state index contributed by atoms with van der Waals surface area (Å²) in [7, 11) is 0. The van der Waals surface area contributed by atoms with Crippen molar-refractivity contribution < 1.29 is 0 Å². The van der Waals surface area contributed by atoms with Crippen LogP contribution in [-0.2, 0) is 6.42 Å². The monoisotopic (exact) mass is 196 g/mol. The SMILES string of the molecule is CCC(CC)Cc1cccc(Cl)c1. The highest BCUT2D eigenvalue weighted by Crippen LogP contribution is 2.18. The summed E-state index contributed by atoms with van der Waals surface area (Å²) in [6, 6.07) is 8.18. The lowest BCUT2D eigenvalue weighted by Gasteiger charge is -2.11. The van der Waals surface area contributed by atoms with Crippen molar-refractivity contribution in [2.24, 2.45) is 5.92 Å². The molecule has 0 radical (unpaired) electrons. The van der Waals surface area contributed by atoms with Crippen molar-refractivity contribution in [2.45, 2.75) is 33.1 Å². The zero-order valence-electron chi connectivity index (χ0n) is 8.39. The van der Waals surface area contributed by atoms with Gasteiger partial charge in [-0.3, -0.25) is 0 Å². The third-order valence-corrected chi connectivity index (χ3v) is 2.80. The molecule has 0 amide bonds. The van der Waals surface area contributed by atoms with Crippen LogP contribution in [-0.4, -0.2) is 0 Å². The first kappa shape index (κ1) is 10.6. The lowest BCUT2D eigenvalue weighted by atomic mass is 9.95. The van der Waals surface area contributed by atoms with Crippen molar-refractivity contribution in [3.05, 3.63) is 34.9 Å². The lowest BCUT2D eigenvalue weighted by molar-refractivity contribution is 0.490. The van der Waals surface area contributed by atoms with Crippen LogP contribution in [0.2, 0.25) is 5.02 Å². The van der Waals surface area contributed by atoms with Gasteiger partial charge in [0, 0.05) is 5.02 Å². The first-order chi connectivity index (χ1) is 6.26. The Balaban J connectivity index is 2.62. The summed E-state index contributed by atoms with van der Waals surface area (Å²) in [4.78, 5) is 0. The largest absolute Gasteiger partial charge is 0.0843 e. The zero-order valence-corrected chi connectivity index (χ0v) is 9.14. The molecule has 1 heteroatoms. The van der Waals surface area contributed by atoms with E-state index in [-0.39, 0.29) is 0 Å². The maximum atomic E-state index is 5.91. The molecule has 0 unspecified atom stereocenters. The van der Waals surface area contributed by atoms with Gasteiger partial charge in [-0.15, -0.1) is 0 Å². The summed E-state index contributed by atoms with van der Waals surface area (Å²) >= 11 is 5.91. The van der Waals surface area contributed by atoms with Crippen molar-refractivity contribution >= 4 is 11.6 Å². The fourth-order valence-electron chi connectivity index (χ4n) is 1.57. The molecule has 1 aromatic carbocycles. The van der Waals surface area contributed by atoms with Gasteiger partial charge in [0.2, 0.25) is 0 Å². The second-order valence-corrected chi connectivity index (χ2v) is 3.95. The van der Waals surface area contributed by atoms with E-state index < -0.39 is 0 Å². The predicted octanol–water partition coefficient (Wildman–Crippen LogP) is 4.32. The summed E-state index contributed by atoms with van der Waals surface area (Å²) in [5, 5.41) is 0.850. The van der Waals surface area contributed by atoms with Crippen molar-refractivity contribution in [1.82, 2.24) is 0 Å². The van der Waals surface area contributed by atoms with Crippen LogP contribution in [0.25, 0.3) is 0 Å². The van der Waals surface area contributed by atoms with E-state index in [4.69, 9.17) is 11.6 Å². The molecule has 1 rings (SSSR count). The van der Waals surface area contributed by atoms with Gasteiger partial charge in [-0.25, -0.2) is 0 Å². The van der Waals surface area contributed by atoms with E-state index in [0.29, 0.717) is 0 Å². The standard InChI is InChI=1S/C12H17Cl/c1-3-10(4-2)8-11-6-5-7-12(13)9-11/h5-7,9-10H,3-4,8H2,1-2H3. The molecule has 1 aromatic rings. The Morgan fingerprint density at radius 1 is 1.23 bits per heavy atom. The van der Waals surface area contributed by atoms with Gasteiger partial charge >= 0.3 is 0 Å². The quantitative estimate of drug-likeness (QED) is 0.673. The van der Waals surface area contributed by atoms with E-state index in [9.17, 15) is 0 Å². The van der Waals surface area contributed by atoms with E-state index in [2.05, 4.69) is 26.0 Å². The van der Waals surface area contributed by atoms with Crippen LogP contribution >= 0.6 is 11.6 Å². The molecule has 0 fully saturated rings. The van der Waals surface area contributed by atoms with Crippen LogP contribution in [0.1, 0.15) is 32.3 Å². The van der Waals surface area contributed by atoms with Gasteiger partial charge in [0.1, 0.15) is 0 Å². The molecule has 0 aliphatic heterocycles. The van der Waals surface area contributed by atoms with Crippen LogP contribution in [0.5, 0.6) is 0 Å². The Bertz CT molecular complexity index is 251. The molecule has 72 valence electrons. The van der Waals surface area contributed by atoms with Crippen molar-refractivity contribution in [1.29, 1.82) is 0 Å². The Hall–Kier alpha value is -0.490. The molecule has 0 spiro atoms. The molecule has 0 saturated carbocycles. The molecule has 0 atom stereocenters. The van der Waals surface area contributed by atoms with Crippen LogP contribution in [0.15, 0.2) is 24.3 Å². The van der Waals surface area contributed by atoms with Gasteiger partial charge in [-0.1, -0.05) is 50.4 Å². The maximum Gasteiger partial charge on any atom is 0.0408 e. The molecule has 0 bridgehead atoms. The Labute approximate surface area is 85.9 Å². The Morgan fingerprint density at radius 3 is 2.46 bits per heavy atom. The molecule has 0 heterocycles. The highest BCUT2D eigenvalue weighted by molar-refractivity contribution is 6.30. The van der Waals surface area contributed by atoms with Crippen LogP contribution in [0.3, 0.4) is 0 Å². The summed E-state index contributed by atoms with van der Waals surface area (Å²) in [6.07, 6.45) is 3.67. The van der Waals surface area contributed by atoms with Crippen molar-refractivity contribution in [2.75, 3.05) is 0 Å². The first-order valence-corrected chi connectivity index (χ1v) is 5.38. The van der Waals surface area contributed by atoms with Crippen LogP contribution in [0, 0.1) is 5.92 Å². The van der Waals surface area contributed by atoms with Gasteiger partial charge in [-0.2, -0.15) is 0 Å². The highest BCUT2D eigenvalue weighted by Gasteiger charge is 2.04. The van der Waals surface area contributed by atoms with Crippen molar-refractivity contribution in [3.63, 3.8) is 0 Å². The smallest absolute Gasteiger partial charge is 0.0408 e. The second-order valence-electron chi connectivity index (χ2n) is 3.52. The highest BCUT2D eigenvalue weighted by atomic mass is 35.5. The molecular formula is C12H17Cl. The fourth-order valence-corrected chi connectivity index (χ4v) is 1.79. The van der Waals surface area contributed by atoms with E-state index in [1.165, 1.54) is 18.4 Å². The molecule has 0 aliphatic rings. The number of hydrogen-bond acceptors (Lipinski definition) is 0. The minimum absolute atomic E-state index is 0.804. The summed E-state index contributed by atoms with van der Waals surface area (Å²) in [5.74, 6) is 0.804. The van der Waals surface area contributed by atoms with Crippen LogP contribution < -0.4 is 0 Å². The molecule has 0 nitrogen and oxygen atoms in total. The average molecular weight is 197 g/mol. The van der Waals surface area contributed by atoms with Crippen LogP contribution in [0.4, 0.5) is 0 Å². The first-order valence-electron chi connectivity index (χ1n) is 5.00. The van der Waals surface area contributed by atoms with Crippen molar-refractivity contribution in [3.8, 4) is 0 Å². The lowest BCUT2D eigenvalue weighted by Crippen LogP contribution is -2.01. The Kier molecular flexibility index (Phi) is 4.31. The van der Waals surface area contributed by atoms with E-state index in [1.807, 2.05) is 12.1 Å². The van der Waals surface area contributed by atoms with Gasteiger partial charge in [-0.05, 0) is 30.0 Å². The third kappa shape index (κ3) is 3.40. The number of hydrogen-bond donors (Lipinski definition) is 0. The van der Waals surface area contributed by atoms with Gasteiger partial charge in [0.25, 0.3) is 0 Å². The third-order valence-electron chi connectivity index (χ3n) is 2.57. The molecule has 0 aliphatic carbocycles. The Morgan fingerprint density at radius 2 is 1.92 bits per heavy atom. The maximum absolute atomic E-state index is 5.91. The molecule has 0 saturated heterocycles. The average Bonchev–Trinajstić information content (AvgIpc) is 2.14. The summed E-state index contributed by atoms with van der Waals surface area (Å²) in [5.41, 5.74) is 1.36. The van der Waals surface area contributed by atoms with E-state index >= 15 is 0 Å². The fraction of sp³-hybridized carbons (Fsp3) is 0.500. The van der Waals surface area contributed by atoms with Gasteiger partial charge in [0.15, 0.2) is 0 Å². The van der Waals surface area contributed by atoms with Gasteiger partial charge in [0.05, 0.1) is 0 Å².